The maximum Gasteiger partial charge on any atom is 0.330 e. The molecule has 17 atom stereocenters. The number of aliphatic hydroxyl groups excluding tert-OH is 4. The summed E-state index contributed by atoms with van der Waals surface area (Å²) in [6, 6.07) is 0. The lowest BCUT2D eigenvalue weighted by atomic mass is 9.68. The van der Waals surface area contributed by atoms with Gasteiger partial charge in [0, 0.05) is 41.6 Å². The number of Topliss-reactive ketones (excluding diaryl/α,β-unsaturated/α-hetero) is 2. The molecule has 57 heavy (non-hydrogen) atoms. The van der Waals surface area contributed by atoms with E-state index in [1.807, 2.05) is 19.1 Å². The van der Waals surface area contributed by atoms with E-state index in [0.717, 1.165) is 51.9 Å². The van der Waals surface area contributed by atoms with E-state index in [-0.39, 0.29) is 17.9 Å². The van der Waals surface area contributed by atoms with Crippen molar-refractivity contribution in [3.8, 4) is 0 Å². The Labute approximate surface area is 340 Å². The number of esters is 1. The van der Waals surface area contributed by atoms with Crippen LogP contribution in [0.25, 0.3) is 0 Å². The molecule has 2 saturated heterocycles. The van der Waals surface area contributed by atoms with Gasteiger partial charge in [-0.3, -0.25) is 9.59 Å². The van der Waals surface area contributed by atoms with Crippen molar-refractivity contribution in [3.05, 3.63) is 24.3 Å². The van der Waals surface area contributed by atoms with Crippen LogP contribution in [0.15, 0.2) is 24.3 Å². The first kappa shape index (κ1) is 49.3. The lowest BCUT2D eigenvalue weighted by Gasteiger charge is -2.56. The third kappa shape index (κ3) is 12.0. The fraction of sp³-hybridized carbons (Fsp3) is 0.844. The topological polar surface area (TPSA) is 180 Å². The molecule has 3 aliphatic rings. The van der Waals surface area contributed by atoms with E-state index in [2.05, 4.69) is 20.8 Å². The maximum atomic E-state index is 15.5. The lowest BCUT2D eigenvalue weighted by Crippen LogP contribution is -2.63. The summed E-state index contributed by atoms with van der Waals surface area (Å²) >= 11 is 0. The highest BCUT2D eigenvalue weighted by atomic mass is 19.1. The van der Waals surface area contributed by atoms with Crippen LogP contribution in [0, 0.1) is 46.8 Å². The highest BCUT2D eigenvalue weighted by Crippen LogP contribution is 2.51. The molecule has 0 aliphatic carbocycles. The number of carbonyl (C=O) groups is 3. The van der Waals surface area contributed by atoms with Gasteiger partial charge in [-0.1, -0.05) is 92.9 Å². The molecular formula is C45H75FO11. The van der Waals surface area contributed by atoms with Gasteiger partial charge in [0.2, 0.25) is 5.78 Å². The van der Waals surface area contributed by atoms with Gasteiger partial charge in [0.25, 0.3) is 0 Å². The molecule has 17 unspecified atom stereocenters. The third-order valence-electron chi connectivity index (χ3n) is 13.7. The van der Waals surface area contributed by atoms with E-state index in [0.29, 0.717) is 31.8 Å². The second kappa shape index (κ2) is 21.0. The molecule has 0 aromatic carbocycles. The van der Waals surface area contributed by atoms with Crippen LogP contribution in [0.1, 0.15) is 133 Å². The van der Waals surface area contributed by atoms with Crippen LogP contribution in [0.3, 0.4) is 0 Å². The number of alkyl halides is 1. The van der Waals surface area contributed by atoms with Crippen LogP contribution in [-0.4, -0.2) is 104 Å². The Kier molecular flexibility index (Phi) is 18.1. The third-order valence-corrected chi connectivity index (χ3v) is 13.7. The van der Waals surface area contributed by atoms with Gasteiger partial charge in [0.05, 0.1) is 31.0 Å². The van der Waals surface area contributed by atoms with Crippen LogP contribution >= 0.6 is 0 Å². The van der Waals surface area contributed by atoms with Crippen molar-refractivity contribution in [3.63, 3.8) is 0 Å². The molecule has 0 saturated carbocycles. The highest BCUT2D eigenvalue weighted by Gasteiger charge is 2.58. The summed E-state index contributed by atoms with van der Waals surface area (Å²) < 4.78 is 35.3. The minimum Gasteiger partial charge on any atom is -0.458 e. The zero-order chi connectivity index (χ0) is 43.0. The minimum atomic E-state index is -2.68. The van der Waals surface area contributed by atoms with Gasteiger partial charge in [0.1, 0.15) is 23.6 Å². The summed E-state index contributed by atoms with van der Waals surface area (Å²) in [7, 11) is 0. The predicted molar refractivity (Wildman–Crippen MR) is 215 cm³/mol. The summed E-state index contributed by atoms with van der Waals surface area (Å²) in [5.74, 6) is -7.40. The average molecular weight is 811 g/mol. The number of fused-ring (bicyclic) bond motifs is 1. The smallest absolute Gasteiger partial charge is 0.330 e. The molecule has 0 aromatic rings. The van der Waals surface area contributed by atoms with Crippen LogP contribution in [0.5, 0.6) is 0 Å². The van der Waals surface area contributed by atoms with Gasteiger partial charge >= 0.3 is 5.97 Å². The number of aliphatic hydroxyl groups is 5. The van der Waals surface area contributed by atoms with Crippen LogP contribution in [-0.2, 0) is 28.6 Å². The summed E-state index contributed by atoms with van der Waals surface area (Å²) in [5.41, 5.74) is -3.07. The molecule has 3 heterocycles. The maximum absolute atomic E-state index is 15.5. The van der Waals surface area contributed by atoms with E-state index < -0.39 is 94.7 Å². The summed E-state index contributed by atoms with van der Waals surface area (Å²) in [4.78, 5) is 40.2. The van der Waals surface area contributed by atoms with Gasteiger partial charge in [-0.2, -0.15) is 0 Å². The Balaban J connectivity index is 1.93. The standard InChI is InChI=1S/C45H75FO11/c1-11-33-17-14-12-13-16-28(4)40(52)44(10,54)41(53)36(46)39(51)31(7)38(50)30(6)37(49)27(3)19-20-35(48)56-42-32(8)45(55-25-43(42,9)22-15-18-33)23-21-26(2)34(57-45)24-29(5)47/h12-13,19-20,26-34,36-37,39-40,42,47,49,51-52,54H,11,14-18,21-25H2,1-10H3. The summed E-state index contributed by atoms with van der Waals surface area (Å²) in [5, 5.41) is 54.2. The molecule has 0 radical (unpaired) electrons. The normalized spacial score (nSPS) is 45.0. The molecule has 2 fully saturated rings. The second-order valence-electron chi connectivity index (χ2n) is 18.6. The molecule has 0 bridgehead atoms. The molecule has 3 aliphatic heterocycles. The van der Waals surface area contributed by atoms with Gasteiger partial charge in [0.15, 0.2) is 12.0 Å². The lowest BCUT2D eigenvalue weighted by molar-refractivity contribution is -0.364. The fourth-order valence-corrected chi connectivity index (χ4v) is 9.24. The molecule has 3 rings (SSSR count). The number of allylic oxidation sites excluding steroid dienone is 2. The number of ether oxygens (including phenoxy) is 3. The van der Waals surface area contributed by atoms with Gasteiger partial charge in [-0.05, 0) is 70.1 Å². The Hall–Kier alpha value is -2.06. The van der Waals surface area contributed by atoms with Crippen molar-refractivity contribution >= 4 is 17.5 Å². The quantitative estimate of drug-likeness (QED) is 0.162. The van der Waals surface area contributed by atoms with Crippen LogP contribution in [0.4, 0.5) is 4.39 Å². The van der Waals surface area contributed by atoms with Crippen molar-refractivity contribution < 1.29 is 58.5 Å². The van der Waals surface area contributed by atoms with Crippen LogP contribution in [0.2, 0.25) is 0 Å². The monoisotopic (exact) mass is 811 g/mol. The van der Waals surface area contributed by atoms with Crippen molar-refractivity contribution in [1.82, 2.24) is 0 Å². The Bertz CT molecular complexity index is 1380. The first-order valence-electron chi connectivity index (χ1n) is 21.5. The molecule has 11 nitrogen and oxygen atoms in total. The van der Waals surface area contributed by atoms with Crippen molar-refractivity contribution in [1.29, 1.82) is 0 Å². The van der Waals surface area contributed by atoms with E-state index in [9.17, 15) is 39.9 Å². The molecule has 0 aromatic heterocycles. The molecular weight excluding hydrogens is 735 g/mol. The SMILES string of the molecule is CCC1CCC=CCC(C)C(O)C(C)(O)C(=O)C(F)C(O)C(C)C(=O)C(C)C(O)C(C)C=CC(=O)OC2C(C)C3(CCC(C)C(CC(C)O)O3)OCC2(C)CCC1. The van der Waals surface area contributed by atoms with Crippen LogP contribution < -0.4 is 0 Å². The van der Waals surface area contributed by atoms with E-state index in [4.69, 9.17) is 14.2 Å². The number of rotatable bonds is 3. The molecule has 328 valence electrons. The Morgan fingerprint density at radius 2 is 1.56 bits per heavy atom. The number of hydrogen-bond donors (Lipinski definition) is 5. The largest absolute Gasteiger partial charge is 0.458 e. The zero-order valence-corrected chi connectivity index (χ0v) is 36.2. The number of ketones is 2. The Morgan fingerprint density at radius 3 is 2.19 bits per heavy atom. The molecule has 1 spiro atoms. The molecule has 5 N–H and O–H groups in total. The second-order valence-corrected chi connectivity index (χ2v) is 18.6. The first-order valence-corrected chi connectivity index (χ1v) is 21.5. The predicted octanol–water partition coefficient (Wildman–Crippen LogP) is 6.20. The minimum absolute atomic E-state index is 0.219. The van der Waals surface area contributed by atoms with E-state index in [1.54, 1.807) is 20.8 Å². The first-order chi connectivity index (χ1) is 26.5. The number of hydrogen-bond acceptors (Lipinski definition) is 11. The number of halogens is 1. The van der Waals surface area contributed by atoms with Gasteiger partial charge in [-0.15, -0.1) is 0 Å². The Morgan fingerprint density at radius 1 is 0.912 bits per heavy atom. The summed E-state index contributed by atoms with van der Waals surface area (Å²) in [6.07, 6.45) is 4.91. The average Bonchev–Trinajstić information content (AvgIpc) is 3.17. The van der Waals surface area contributed by atoms with Gasteiger partial charge < -0.3 is 39.7 Å². The van der Waals surface area contributed by atoms with E-state index >= 15 is 4.39 Å². The van der Waals surface area contributed by atoms with Crippen molar-refractivity contribution in [2.75, 3.05) is 6.61 Å². The zero-order valence-electron chi connectivity index (χ0n) is 36.2. The number of carbonyl (C=O) groups excluding carboxylic acids is 3. The van der Waals surface area contributed by atoms with Crippen molar-refractivity contribution in [2.45, 2.75) is 188 Å². The molecule has 12 heteroatoms. The fourth-order valence-electron chi connectivity index (χ4n) is 9.24. The summed E-state index contributed by atoms with van der Waals surface area (Å²) in [6.45, 7) is 17.4. The van der Waals surface area contributed by atoms with Gasteiger partial charge in [-0.25, -0.2) is 9.18 Å². The van der Waals surface area contributed by atoms with E-state index in [1.165, 1.54) is 26.0 Å². The molecule has 0 amide bonds. The van der Waals surface area contributed by atoms with Crippen molar-refractivity contribution in [2.24, 2.45) is 46.8 Å². The highest BCUT2D eigenvalue weighted by molar-refractivity contribution is 5.93.